The van der Waals surface area contributed by atoms with Crippen LogP contribution in [0.2, 0.25) is 0 Å². The molecule has 0 heterocycles. The minimum absolute atomic E-state index is 0.402. The van der Waals surface area contributed by atoms with Crippen LogP contribution in [-0.4, -0.2) is 24.0 Å². The maximum atomic E-state index is 10.4. The third-order valence-corrected chi connectivity index (χ3v) is 1.93. The van der Waals surface area contributed by atoms with Crippen molar-refractivity contribution in [3.05, 3.63) is 0 Å². The first-order valence-corrected chi connectivity index (χ1v) is 4.61. The van der Waals surface area contributed by atoms with Crippen LogP contribution < -0.4 is 11.5 Å². The fourth-order valence-electron chi connectivity index (χ4n) is 0.590. The van der Waals surface area contributed by atoms with Gasteiger partial charge < -0.3 is 11.5 Å². The van der Waals surface area contributed by atoms with Gasteiger partial charge in [0.15, 0.2) is 0 Å². The summed E-state index contributed by atoms with van der Waals surface area (Å²) in [5, 5.41) is 0. The standard InChI is InChI=1S/C6H14N2OS/c1-10-4-2-3-5(7)6(8)9/h5H,2-4,7H2,1H3,(H2,8,9)/t5-/m0/s1. The molecule has 0 aliphatic rings. The van der Waals surface area contributed by atoms with Crippen LogP contribution in [0.4, 0.5) is 0 Å². The van der Waals surface area contributed by atoms with Crippen LogP contribution in [0.25, 0.3) is 0 Å². The minimum Gasteiger partial charge on any atom is -0.368 e. The summed E-state index contributed by atoms with van der Waals surface area (Å²) in [5.74, 6) is 0.641. The molecule has 4 N–H and O–H groups in total. The van der Waals surface area contributed by atoms with E-state index in [4.69, 9.17) is 11.5 Å². The van der Waals surface area contributed by atoms with Gasteiger partial charge in [-0.3, -0.25) is 4.79 Å². The zero-order valence-electron chi connectivity index (χ0n) is 6.17. The number of hydrogen-bond donors (Lipinski definition) is 2. The summed E-state index contributed by atoms with van der Waals surface area (Å²) in [5.41, 5.74) is 10.3. The third-order valence-electron chi connectivity index (χ3n) is 1.23. The van der Waals surface area contributed by atoms with Gasteiger partial charge in [-0.15, -0.1) is 0 Å². The molecule has 0 radical (unpaired) electrons. The maximum Gasteiger partial charge on any atom is 0.234 e. The van der Waals surface area contributed by atoms with E-state index in [0.717, 1.165) is 12.2 Å². The zero-order chi connectivity index (χ0) is 7.98. The highest BCUT2D eigenvalue weighted by atomic mass is 32.2. The van der Waals surface area contributed by atoms with Gasteiger partial charge in [0.25, 0.3) is 0 Å². The molecule has 10 heavy (non-hydrogen) atoms. The van der Waals surface area contributed by atoms with E-state index in [9.17, 15) is 4.79 Å². The first-order valence-electron chi connectivity index (χ1n) is 3.22. The quantitative estimate of drug-likeness (QED) is 0.556. The molecule has 0 aliphatic heterocycles. The lowest BCUT2D eigenvalue weighted by Gasteiger charge is -2.04. The van der Waals surface area contributed by atoms with E-state index in [1.54, 1.807) is 11.8 Å². The Kier molecular flexibility index (Phi) is 5.43. The van der Waals surface area contributed by atoms with Crippen LogP contribution in [0.1, 0.15) is 12.8 Å². The molecule has 0 fully saturated rings. The molecule has 1 amide bonds. The molecule has 4 heteroatoms. The van der Waals surface area contributed by atoms with E-state index in [0.29, 0.717) is 6.42 Å². The number of nitrogens with two attached hydrogens (primary N) is 2. The molecule has 1 atom stereocenters. The van der Waals surface area contributed by atoms with Gasteiger partial charge in [0.2, 0.25) is 5.91 Å². The lowest BCUT2D eigenvalue weighted by molar-refractivity contribution is -0.119. The Morgan fingerprint density at radius 2 is 2.30 bits per heavy atom. The van der Waals surface area contributed by atoms with Gasteiger partial charge in [-0.05, 0) is 24.9 Å². The molecule has 0 unspecified atom stereocenters. The average Bonchev–Trinajstić information content (AvgIpc) is 1.88. The summed E-state index contributed by atoms with van der Waals surface area (Å²) < 4.78 is 0. The Bertz CT molecular complexity index is 108. The first kappa shape index (κ1) is 9.78. The molecule has 3 nitrogen and oxygen atoms in total. The number of amides is 1. The largest absolute Gasteiger partial charge is 0.368 e. The SMILES string of the molecule is CSCCC[C@H](N)C(N)=O. The van der Waals surface area contributed by atoms with Gasteiger partial charge in [-0.1, -0.05) is 0 Å². The van der Waals surface area contributed by atoms with Crippen LogP contribution >= 0.6 is 11.8 Å². The van der Waals surface area contributed by atoms with Crippen molar-refractivity contribution >= 4 is 17.7 Å². The molecule has 0 aromatic carbocycles. The normalized spacial score (nSPS) is 13.0. The highest BCUT2D eigenvalue weighted by molar-refractivity contribution is 7.98. The molecule has 0 saturated heterocycles. The van der Waals surface area contributed by atoms with E-state index in [2.05, 4.69) is 0 Å². The van der Waals surface area contributed by atoms with E-state index >= 15 is 0 Å². The van der Waals surface area contributed by atoms with Gasteiger partial charge >= 0.3 is 0 Å². The number of hydrogen-bond acceptors (Lipinski definition) is 3. The lowest BCUT2D eigenvalue weighted by Crippen LogP contribution is -2.36. The molecular formula is C6H14N2OS. The Morgan fingerprint density at radius 1 is 1.70 bits per heavy atom. The predicted octanol–water partition coefficient (Wildman–Crippen LogP) is -0.0578. The maximum absolute atomic E-state index is 10.4. The molecule has 0 bridgehead atoms. The number of primary amides is 1. The molecule has 0 aliphatic carbocycles. The summed E-state index contributed by atoms with van der Waals surface area (Å²) in [4.78, 5) is 10.4. The summed E-state index contributed by atoms with van der Waals surface area (Å²) in [7, 11) is 0. The summed E-state index contributed by atoms with van der Waals surface area (Å²) in [6, 6.07) is -0.452. The molecule has 0 rings (SSSR count). The van der Waals surface area contributed by atoms with Crippen molar-refractivity contribution in [2.24, 2.45) is 11.5 Å². The average molecular weight is 162 g/mol. The van der Waals surface area contributed by atoms with Gasteiger partial charge in [0.05, 0.1) is 6.04 Å². The monoisotopic (exact) mass is 162 g/mol. The van der Waals surface area contributed by atoms with Crippen LogP contribution in [0.15, 0.2) is 0 Å². The summed E-state index contributed by atoms with van der Waals surface area (Å²) >= 11 is 1.75. The van der Waals surface area contributed by atoms with Crippen molar-refractivity contribution in [3.8, 4) is 0 Å². The Hall–Kier alpha value is -0.220. The van der Waals surface area contributed by atoms with Crippen molar-refractivity contribution < 1.29 is 4.79 Å². The van der Waals surface area contributed by atoms with Crippen molar-refractivity contribution in [2.45, 2.75) is 18.9 Å². The van der Waals surface area contributed by atoms with Crippen molar-refractivity contribution in [1.29, 1.82) is 0 Å². The highest BCUT2D eigenvalue weighted by Crippen LogP contribution is 2.00. The van der Waals surface area contributed by atoms with Gasteiger partial charge in [0.1, 0.15) is 0 Å². The predicted molar refractivity (Wildman–Crippen MR) is 44.8 cm³/mol. The second-order valence-corrected chi connectivity index (χ2v) is 3.13. The second kappa shape index (κ2) is 5.56. The van der Waals surface area contributed by atoms with Gasteiger partial charge in [-0.25, -0.2) is 0 Å². The summed E-state index contributed by atoms with van der Waals surface area (Å²) in [6.07, 6.45) is 3.69. The van der Waals surface area contributed by atoms with E-state index in [1.165, 1.54) is 0 Å². The topological polar surface area (TPSA) is 69.1 Å². The second-order valence-electron chi connectivity index (χ2n) is 2.14. The fraction of sp³-hybridized carbons (Fsp3) is 0.833. The Labute approximate surface area is 65.5 Å². The summed E-state index contributed by atoms with van der Waals surface area (Å²) in [6.45, 7) is 0. The molecular weight excluding hydrogens is 148 g/mol. The number of rotatable bonds is 5. The fourth-order valence-corrected chi connectivity index (χ4v) is 1.05. The molecule has 0 aromatic heterocycles. The molecule has 0 spiro atoms. The van der Waals surface area contributed by atoms with Crippen molar-refractivity contribution in [1.82, 2.24) is 0 Å². The van der Waals surface area contributed by atoms with Crippen LogP contribution in [-0.2, 0) is 4.79 Å². The van der Waals surface area contributed by atoms with E-state index in [1.807, 2.05) is 6.26 Å². The van der Waals surface area contributed by atoms with Gasteiger partial charge in [-0.2, -0.15) is 11.8 Å². The van der Waals surface area contributed by atoms with E-state index in [-0.39, 0.29) is 0 Å². The third kappa shape index (κ3) is 4.64. The van der Waals surface area contributed by atoms with Crippen molar-refractivity contribution in [2.75, 3.05) is 12.0 Å². The van der Waals surface area contributed by atoms with Crippen LogP contribution in [0.5, 0.6) is 0 Å². The molecule has 0 aromatic rings. The van der Waals surface area contributed by atoms with Gasteiger partial charge in [0, 0.05) is 0 Å². The molecule has 60 valence electrons. The zero-order valence-corrected chi connectivity index (χ0v) is 6.99. The van der Waals surface area contributed by atoms with Crippen LogP contribution in [0.3, 0.4) is 0 Å². The van der Waals surface area contributed by atoms with Crippen molar-refractivity contribution in [3.63, 3.8) is 0 Å². The van der Waals surface area contributed by atoms with E-state index < -0.39 is 11.9 Å². The highest BCUT2D eigenvalue weighted by Gasteiger charge is 2.06. The Balaban J connectivity index is 3.21. The smallest absolute Gasteiger partial charge is 0.234 e. The minimum atomic E-state index is -0.452. The lowest BCUT2D eigenvalue weighted by atomic mass is 10.2. The Morgan fingerprint density at radius 3 is 2.70 bits per heavy atom. The first-order chi connectivity index (χ1) is 4.68. The number of carbonyl (C=O) groups is 1. The number of thioether (sulfide) groups is 1. The number of carbonyl (C=O) groups excluding carboxylic acids is 1. The van der Waals surface area contributed by atoms with Crippen LogP contribution in [0, 0.1) is 0 Å². The molecule has 0 saturated carbocycles.